The monoisotopic (exact) mass is 1140 g/mol. The quantitative estimate of drug-likeness (QED) is 0.0534. The summed E-state index contributed by atoms with van der Waals surface area (Å²) < 4.78 is 13.8. The number of ether oxygens (including phenoxy) is 3. The van der Waals surface area contributed by atoms with Crippen LogP contribution in [0.1, 0.15) is 116 Å². The summed E-state index contributed by atoms with van der Waals surface area (Å²) in [5.41, 5.74) is 17.8. The van der Waals surface area contributed by atoms with Crippen molar-refractivity contribution in [1.82, 2.24) is 10.6 Å². The number of halogens is 3. The number of aryl methyl sites for hydroxylation is 6. The van der Waals surface area contributed by atoms with Crippen LogP contribution in [0.5, 0.6) is 0 Å². The largest absolute Gasteiger partial charge is 1.00 e. The number of quaternary nitrogens is 1. The Morgan fingerprint density at radius 3 is 1.16 bits per heavy atom. The maximum absolute atomic E-state index is 11.2. The van der Waals surface area contributed by atoms with Crippen molar-refractivity contribution in [2.45, 2.75) is 94.3 Å². The Bertz CT molecular complexity index is 2020. The first kappa shape index (κ1) is 63.3. The highest BCUT2D eigenvalue weighted by atomic mass is 128. The van der Waals surface area contributed by atoms with Crippen LogP contribution in [0.25, 0.3) is 0 Å². The number of hydrogen-bond acceptors (Lipinski definition) is 10. The fourth-order valence-electron chi connectivity index (χ4n) is 4.24. The highest BCUT2D eigenvalue weighted by Crippen LogP contribution is 2.14. The molecule has 9 N–H and O–H groups in total. The highest BCUT2D eigenvalue weighted by molar-refractivity contribution is 15.0. The molecule has 0 atom stereocenters. The van der Waals surface area contributed by atoms with Crippen LogP contribution >= 0.6 is 37.2 Å². The first-order chi connectivity index (χ1) is 29.0. The lowest BCUT2D eigenvalue weighted by Gasteiger charge is -2.20. The summed E-state index contributed by atoms with van der Waals surface area (Å²) in [4.78, 5) is 65.2. The Hall–Kier alpha value is -4.99. The minimum atomic E-state index is -1.06. The van der Waals surface area contributed by atoms with E-state index in [4.69, 9.17) is 25.4 Å². The second kappa shape index (κ2) is 31.0. The van der Waals surface area contributed by atoms with Crippen LogP contribution in [0.3, 0.4) is 0 Å². The van der Waals surface area contributed by atoms with Gasteiger partial charge in [0.2, 0.25) is 0 Å². The van der Waals surface area contributed by atoms with Gasteiger partial charge in [-0.2, -0.15) is 0 Å². The summed E-state index contributed by atoms with van der Waals surface area (Å²) in [6, 6.07) is 21.0. The topological polar surface area (TPSA) is 248 Å². The number of carbonyl (C=O) groups is 6. The van der Waals surface area contributed by atoms with Gasteiger partial charge in [0.15, 0.2) is 0 Å². The van der Waals surface area contributed by atoms with Crippen molar-refractivity contribution in [3.05, 3.63) is 128 Å². The lowest BCUT2D eigenvalue weighted by Crippen LogP contribution is -3.00. The number of carboxylic acid groups (broad SMARTS) is 2. The van der Waals surface area contributed by atoms with Gasteiger partial charge in [-0.3, -0.25) is 9.59 Å². The molecule has 0 fully saturated rings. The summed E-state index contributed by atoms with van der Waals surface area (Å²) in [5, 5.41) is 22.3. The number of anilines is 1. The van der Waals surface area contributed by atoms with E-state index in [1.165, 1.54) is 17.7 Å². The Labute approximate surface area is 406 Å². The molecule has 4 aromatic carbocycles. The van der Waals surface area contributed by atoms with Gasteiger partial charge in [-0.25, -0.2) is 19.2 Å². The standard InChI is InChI=1S/C10H13NO.C10H18O5.C9H12N2O.C9H10O2.C8H9NO2.ClH.I2/c1-7-4-5-9(6-8(7)2)10(12)11-3;1-9(2,3)14-7(11)13-8(12)15-10(4,5)6;1-6-3-4-7(5-8(6)10)9(12)11-2;1-6-3-4-8(9(10)11)5-7(6)2;1-5-2-3-6(8(10)11)4-7(5)9;;1-2/h4-6H,1-3H3,(H,11,12);1-6H3;3-5H,10H2,1-2H3,(H,11,12);3-5H,1-2H3,(H,10,11);2-4H,9H2,1H3,(H,10,11);1H;. The van der Waals surface area contributed by atoms with Gasteiger partial charge in [-0.1, -0.05) is 24.3 Å². The van der Waals surface area contributed by atoms with Crippen LogP contribution in [-0.4, -0.2) is 71.6 Å². The fourth-order valence-corrected chi connectivity index (χ4v) is 4.24. The number of hydrogen-bond donors (Lipinski definition) is 6. The van der Waals surface area contributed by atoms with Gasteiger partial charge in [0, 0.05) is 79.8 Å². The SMILES string of the molecule is CC(C)(C)OC(=O)OC(=O)OC(C)(C)C.CNC(=O)c1ccc(C)c(C)c1.CNC(=O)c1ccc(C)c([NH3+])c1.Cc1ccc(C(=O)O)cc1C.Cc1ccc(C(=O)O)cc1N.II.[Cl-]. The van der Waals surface area contributed by atoms with E-state index in [0.717, 1.165) is 39.1 Å². The lowest BCUT2D eigenvalue weighted by molar-refractivity contribution is -0.255. The minimum Gasteiger partial charge on any atom is -1.00 e. The molecule has 4 aromatic rings. The molecule has 0 unspecified atom stereocenters. The molecule has 0 radical (unpaired) electrons. The van der Waals surface area contributed by atoms with Crippen LogP contribution in [0, 0.1) is 41.5 Å². The average Bonchev–Trinajstić information content (AvgIpc) is 3.18. The Balaban J connectivity index is -0.000000719. The Morgan fingerprint density at radius 1 is 0.531 bits per heavy atom. The van der Waals surface area contributed by atoms with E-state index in [9.17, 15) is 28.8 Å². The first-order valence-corrected chi connectivity index (χ1v) is 25.4. The van der Waals surface area contributed by atoms with E-state index in [0.29, 0.717) is 16.8 Å². The zero-order valence-corrected chi connectivity index (χ0v) is 44.0. The summed E-state index contributed by atoms with van der Waals surface area (Å²) in [7, 11) is 3.25. The molecule has 0 saturated carbocycles. The molecule has 0 aromatic heterocycles. The maximum Gasteiger partial charge on any atom is 0.519 e. The van der Waals surface area contributed by atoms with Crippen molar-refractivity contribution in [3.8, 4) is 0 Å². The van der Waals surface area contributed by atoms with Gasteiger partial charge in [-0.05, 0) is 153 Å². The number of nitrogens with two attached hydrogens (primary N) is 1. The molecule has 0 spiro atoms. The number of benzene rings is 4. The number of rotatable bonds is 4. The number of nitrogens with one attached hydrogen (secondary N) is 2. The van der Waals surface area contributed by atoms with E-state index < -0.39 is 35.5 Å². The average molecular weight is 1140 g/mol. The van der Waals surface area contributed by atoms with Crippen molar-refractivity contribution in [2.75, 3.05) is 19.8 Å². The Morgan fingerprint density at radius 2 is 0.844 bits per heavy atom. The molecule has 15 nitrogen and oxygen atoms in total. The second-order valence-corrected chi connectivity index (χ2v) is 15.6. The van der Waals surface area contributed by atoms with Crippen molar-refractivity contribution in [3.63, 3.8) is 0 Å². The molecule has 0 aliphatic heterocycles. The molecule has 0 saturated heterocycles. The lowest BCUT2D eigenvalue weighted by atomic mass is 10.1. The molecule has 2 amide bonds. The van der Waals surface area contributed by atoms with E-state index in [1.54, 1.807) is 86.0 Å². The second-order valence-electron chi connectivity index (χ2n) is 15.6. The van der Waals surface area contributed by atoms with Crippen LogP contribution in [0.2, 0.25) is 0 Å². The molecule has 354 valence electrons. The summed E-state index contributed by atoms with van der Waals surface area (Å²) in [5.74, 6) is -1.91. The van der Waals surface area contributed by atoms with Gasteiger partial charge in [0.1, 0.15) is 16.9 Å². The smallest absolute Gasteiger partial charge is 0.519 e. The normalized spacial score (nSPS) is 9.77. The van der Waals surface area contributed by atoms with Crippen LogP contribution in [0.15, 0.2) is 72.8 Å². The van der Waals surface area contributed by atoms with Crippen LogP contribution in [-0.2, 0) is 14.2 Å². The zero-order chi connectivity index (χ0) is 49.4. The van der Waals surface area contributed by atoms with Crippen molar-refractivity contribution < 1.29 is 71.3 Å². The molecule has 18 heteroatoms. The predicted octanol–water partition coefficient (Wildman–Crippen LogP) is 6.82. The summed E-state index contributed by atoms with van der Waals surface area (Å²) >= 11 is 4.24. The van der Waals surface area contributed by atoms with Crippen LogP contribution in [0.4, 0.5) is 21.0 Å². The summed E-state index contributed by atoms with van der Waals surface area (Å²) in [6.45, 7) is 21.7. The van der Waals surface area contributed by atoms with E-state index in [2.05, 4.69) is 58.3 Å². The number of aromatic carboxylic acids is 2. The maximum atomic E-state index is 11.2. The van der Waals surface area contributed by atoms with Crippen molar-refractivity contribution >= 4 is 84.7 Å². The third kappa shape index (κ3) is 27.3. The van der Waals surface area contributed by atoms with Crippen molar-refractivity contribution in [2.24, 2.45) is 0 Å². The molecule has 0 aliphatic rings. The number of amides is 2. The zero-order valence-electron chi connectivity index (χ0n) is 38.9. The first-order valence-electron chi connectivity index (χ1n) is 19.1. The molecule has 0 heterocycles. The highest BCUT2D eigenvalue weighted by Gasteiger charge is 2.24. The van der Waals surface area contributed by atoms with Gasteiger partial charge < -0.3 is 58.9 Å². The predicted molar refractivity (Wildman–Crippen MR) is 263 cm³/mol. The molecule has 0 bridgehead atoms. The van der Waals surface area contributed by atoms with Gasteiger partial charge in [0.25, 0.3) is 11.8 Å². The third-order valence-electron chi connectivity index (χ3n) is 8.06. The third-order valence-corrected chi connectivity index (χ3v) is 8.06. The van der Waals surface area contributed by atoms with Gasteiger partial charge >= 0.3 is 24.2 Å². The molecule has 0 aliphatic carbocycles. The molecule has 4 rings (SSSR count). The molecular weight excluding hydrogens is 1070 g/mol. The van der Waals surface area contributed by atoms with E-state index in [-0.39, 0.29) is 29.8 Å². The fraction of sp³-hybridized carbons (Fsp3) is 0.348. The number of carbonyl (C=O) groups excluding carboxylic acids is 4. The van der Waals surface area contributed by atoms with E-state index in [1.807, 2.05) is 71.9 Å². The number of nitrogen functional groups attached to an aromatic ring is 1. The Kier molecular flexibility index (Phi) is 30.6. The van der Waals surface area contributed by atoms with Crippen molar-refractivity contribution in [1.29, 1.82) is 0 Å². The van der Waals surface area contributed by atoms with Gasteiger partial charge in [0.05, 0.1) is 11.1 Å². The minimum absolute atomic E-state index is 0. The van der Waals surface area contributed by atoms with E-state index >= 15 is 0 Å². The molecule has 64 heavy (non-hydrogen) atoms. The van der Waals surface area contributed by atoms with Gasteiger partial charge in [-0.15, -0.1) is 0 Å². The number of carboxylic acids is 2. The molecular formula is C46H63ClI2N4O11. The summed E-state index contributed by atoms with van der Waals surface area (Å²) in [6.07, 6.45) is -2.12. The van der Waals surface area contributed by atoms with Crippen LogP contribution < -0.4 is 34.5 Å².